The van der Waals surface area contributed by atoms with Gasteiger partial charge in [0.15, 0.2) is 0 Å². The van der Waals surface area contributed by atoms with E-state index < -0.39 is 4.92 Å². The van der Waals surface area contributed by atoms with E-state index in [9.17, 15) is 10.1 Å². The van der Waals surface area contributed by atoms with Gasteiger partial charge in [-0.25, -0.2) is 0 Å². The summed E-state index contributed by atoms with van der Waals surface area (Å²) in [5.74, 6) is 0. The molecule has 0 fully saturated rings. The van der Waals surface area contributed by atoms with Gasteiger partial charge in [-0.15, -0.1) is 0 Å². The lowest BCUT2D eigenvalue weighted by atomic mass is 10.1. The van der Waals surface area contributed by atoms with Gasteiger partial charge >= 0.3 is 0 Å². The van der Waals surface area contributed by atoms with Crippen molar-refractivity contribution < 1.29 is 10.0 Å². The standard InChI is InChI=1S/C12H9NO2.C2H6O/c14-13(15)12-8-6-11(7-9-12)10-4-2-1-3-5-10;1-2-3/h1-9H;3H,2H2,1H3. The van der Waals surface area contributed by atoms with Gasteiger partial charge in [0.1, 0.15) is 0 Å². The van der Waals surface area contributed by atoms with Gasteiger partial charge in [-0.05, 0) is 30.2 Å². The van der Waals surface area contributed by atoms with Crippen molar-refractivity contribution in [1.29, 1.82) is 0 Å². The molecule has 0 saturated carbocycles. The molecule has 0 saturated heterocycles. The monoisotopic (exact) mass is 245 g/mol. The van der Waals surface area contributed by atoms with Crippen LogP contribution in [0.25, 0.3) is 11.1 Å². The third-order valence-electron chi connectivity index (χ3n) is 2.19. The Morgan fingerprint density at radius 3 is 1.89 bits per heavy atom. The van der Waals surface area contributed by atoms with E-state index in [-0.39, 0.29) is 12.3 Å². The molecule has 0 aliphatic carbocycles. The number of rotatable bonds is 2. The first-order valence-corrected chi connectivity index (χ1v) is 5.59. The molecule has 4 heteroatoms. The molecule has 0 atom stereocenters. The van der Waals surface area contributed by atoms with Crippen LogP contribution in [0.2, 0.25) is 0 Å². The molecule has 0 heterocycles. The number of non-ortho nitro benzene ring substituents is 1. The average Bonchev–Trinajstić information content (AvgIpc) is 2.41. The Kier molecular flexibility index (Phi) is 5.54. The summed E-state index contributed by atoms with van der Waals surface area (Å²) in [6, 6.07) is 16.3. The van der Waals surface area contributed by atoms with Crippen LogP contribution < -0.4 is 0 Å². The van der Waals surface area contributed by atoms with Gasteiger partial charge < -0.3 is 5.11 Å². The summed E-state index contributed by atoms with van der Waals surface area (Å²) in [7, 11) is 0. The van der Waals surface area contributed by atoms with Crippen molar-refractivity contribution in [2.45, 2.75) is 6.92 Å². The van der Waals surface area contributed by atoms with E-state index in [0.29, 0.717) is 0 Å². The van der Waals surface area contributed by atoms with Crippen molar-refractivity contribution in [3.05, 3.63) is 64.7 Å². The number of aliphatic hydroxyl groups excluding tert-OH is 1. The normalized spacial score (nSPS) is 9.22. The molecule has 1 N–H and O–H groups in total. The molecule has 2 aromatic carbocycles. The van der Waals surface area contributed by atoms with Crippen molar-refractivity contribution >= 4 is 5.69 Å². The zero-order valence-corrected chi connectivity index (χ0v) is 10.1. The maximum atomic E-state index is 10.5. The van der Waals surface area contributed by atoms with Crippen LogP contribution in [0.5, 0.6) is 0 Å². The smallest absolute Gasteiger partial charge is 0.269 e. The summed E-state index contributed by atoms with van der Waals surface area (Å²) in [6.45, 7) is 1.93. The fraction of sp³-hybridized carbons (Fsp3) is 0.143. The van der Waals surface area contributed by atoms with Crippen LogP contribution in [-0.2, 0) is 0 Å². The maximum absolute atomic E-state index is 10.5. The van der Waals surface area contributed by atoms with Gasteiger partial charge in [-0.3, -0.25) is 10.1 Å². The zero-order chi connectivity index (χ0) is 13.4. The first-order valence-electron chi connectivity index (χ1n) is 5.59. The van der Waals surface area contributed by atoms with Gasteiger partial charge in [-0.2, -0.15) is 0 Å². The molecule has 2 rings (SSSR count). The fourth-order valence-electron chi connectivity index (χ4n) is 1.41. The Morgan fingerprint density at radius 2 is 1.44 bits per heavy atom. The Hall–Kier alpha value is -2.20. The van der Waals surface area contributed by atoms with Crippen LogP contribution in [0.1, 0.15) is 6.92 Å². The fourth-order valence-corrected chi connectivity index (χ4v) is 1.41. The Balaban J connectivity index is 0.000000492. The van der Waals surface area contributed by atoms with Crippen LogP contribution in [0, 0.1) is 10.1 Å². The van der Waals surface area contributed by atoms with Crippen molar-refractivity contribution in [2.75, 3.05) is 6.61 Å². The molecule has 0 unspecified atom stereocenters. The number of hydrogen-bond donors (Lipinski definition) is 1. The maximum Gasteiger partial charge on any atom is 0.269 e. The molecule has 0 spiro atoms. The summed E-state index contributed by atoms with van der Waals surface area (Å²) in [6.07, 6.45) is 0. The van der Waals surface area contributed by atoms with Gasteiger partial charge in [0, 0.05) is 18.7 Å². The van der Waals surface area contributed by atoms with E-state index in [0.717, 1.165) is 11.1 Å². The second kappa shape index (κ2) is 7.19. The van der Waals surface area contributed by atoms with E-state index >= 15 is 0 Å². The molecule has 0 aliphatic heterocycles. The highest BCUT2D eigenvalue weighted by Crippen LogP contribution is 2.21. The van der Waals surface area contributed by atoms with E-state index in [1.54, 1.807) is 19.1 Å². The van der Waals surface area contributed by atoms with Gasteiger partial charge in [0.05, 0.1) is 4.92 Å². The highest BCUT2D eigenvalue weighted by Gasteiger charge is 2.04. The molecule has 0 aliphatic rings. The molecule has 0 radical (unpaired) electrons. The first-order chi connectivity index (χ1) is 8.69. The summed E-state index contributed by atoms with van der Waals surface area (Å²) in [5, 5.41) is 18.0. The number of nitro groups is 1. The van der Waals surface area contributed by atoms with E-state index in [1.807, 2.05) is 30.3 Å². The number of aliphatic hydroxyl groups is 1. The van der Waals surface area contributed by atoms with Gasteiger partial charge in [-0.1, -0.05) is 30.3 Å². The van der Waals surface area contributed by atoms with Crippen molar-refractivity contribution in [3.8, 4) is 11.1 Å². The van der Waals surface area contributed by atoms with Crippen LogP contribution in [0.4, 0.5) is 5.69 Å². The zero-order valence-electron chi connectivity index (χ0n) is 10.1. The number of nitro benzene ring substituents is 1. The van der Waals surface area contributed by atoms with Gasteiger partial charge in [0.25, 0.3) is 5.69 Å². The lowest BCUT2D eigenvalue weighted by Crippen LogP contribution is -1.86. The minimum absolute atomic E-state index is 0.120. The molecule has 18 heavy (non-hydrogen) atoms. The van der Waals surface area contributed by atoms with Crippen molar-refractivity contribution in [3.63, 3.8) is 0 Å². The topological polar surface area (TPSA) is 63.4 Å². The van der Waals surface area contributed by atoms with Gasteiger partial charge in [0.2, 0.25) is 0 Å². The largest absolute Gasteiger partial charge is 0.397 e. The van der Waals surface area contributed by atoms with E-state index in [4.69, 9.17) is 5.11 Å². The van der Waals surface area contributed by atoms with Crippen LogP contribution >= 0.6 is 0 Å². The summed E-state index contributed by atoms with van der Waals surface area (Å²) in [5.41, 5.74) is 2.17. The second-order valence-electron chi connectivity index (χ2n) is 3.49. The second-order valence-corrected chi connectivity index (χ2v) is 3.49. The molecule has 94 valence electrons. The van der Waals surface area contributed by atoms with Crippen molar-refractivity contribution in [2.24, 2.45) is 0 Å². The number of hydrogen-bond acceptors (Lipinski definition) is 3. The highest BCUT2D eigenvalue weighted by molar-refractivity contribution is 5.64. The lowest BCUT2D eigenvalue weighted by Gasteiger charge is -1.99. The Labute approximate surface area is 106 Å². The minimum Gasteiger partial charge on any atom is -0.397 e. The Bertz CT molecular complexity index is 480. The first kappa shape index (κ1) is 13.9. The number of benzene rings is 2. The molecular formula is C14H15NO3. The molecule has 0 bridgehead atoms. The van der Waals surface area contributed by atoms with Crippen LogP contribution in [-0.4, -0.2) is 16.6 Å². The summed E-state index contributed by atoms with van der Waals surface area (Å²) in [4.78, 5) is 10.1. The van der Waals surface area contributed by atoms with Crippen LogP contribution in [0.3, 0.4) is 0 Å². The Morgan fingerprint density at radius 1 is 1.00 bits per heavy atom. The third-order valence-corrected chi connectivity index (χ3v) is 2.19. The number of nitrogens with zero attached hydrogens (tertiary/aromatic N) is 1. The quantitative estimate of drug-likeness (QED) is 0.652. The predicted molar refractivity (Wildman–Crippen MR) is 71.3 cm³/mol. The molecule has 4 nitrogen and oxygen atoms in total. The third kappa shape index (κ3) is 3.99. The van der Waals surface area contributed by atoms with E-state index in [2.05, 4.69) is 0 Å². The molecule has 0 aromatic heterocycles. The SMILES string of the molecule is CCO.O=[N+]([O-])c1ccc(-c2ccccc2)cc1. The highest BCUT2D eigenvalue weighted by atomic mass is 16.6. The lowest BCUT2D eigenvalue weighted by molar-refractivity contribution is -0.384. The summed E-state index contributed by atoms with van der Waals surface area (Å²) >= 11 is 0. The molecular weight excluding hydrogens is 230 g/mol. The molecule has 0 amide bonds. The predicted octanol–water partition coefficient (Wildman–Crippen LogP) is 3.26. The van der Waals surface area contributed by atoms with Crippen LogP contribution in [0.15, 0.2) is 54.6 Å². The average molecular weight is 245 g/mol. The molecule has 2 aromatic rings. The van der Waals surface area contributed by atoms with Crippen molar-refractivity contribution in [1.82, 2.24) is 0 Å². The summed E-state index contributed by atoms with van der Waals surface area (Å²) < 4.78 is 0. The van der Waals surface area contributed by atoms with E-state index in [1.165, 1.54) is 12.1 Å². The minimum atomic E-state index is -0.394.